The third-order valence-corrected chi connectivity index (χ3v) is 2.74. The van der Waals surface area contributed by atoms with Gasteiger partial charge in [-0.3, -0.25) is 9.59 Å². The number of para-hydroxylation sites is 1. The number of hydrogen-bond acceptors (Lipinski definition) is 5. The second-order valence-corrected chi connectivity index (χ2v) is 3.96. The van der Waals surface area contributed by atoms with Gasteiger partial charge in [-0.2, -0.15) is 0 Å². The Morgan fingerprint density at radius 3 is 2.50 bits per heavy atom. The maximum absolute atomic E-state index is 12.2. The highest BCUT2D eigenvalue weighted by molar-refractivity contribution is 6.21. The van der Waals surface area contributed by atoms with Crippen molar-refractivity contribution in [1.82, 2.24) is 10.6 Å². The molecule has 1 aliphatic heterocycles. The Labute approximate surface area is 105 Å². The zero-order valence-electron chi connectivity index (χ0n) is 9.77. The van der Waals surface area contributed by atoms with Crippen LogP contribution < -0.4 is 10.6 Å². The SMILES string of the molecule is O=CC(C(=O)c1ccccc1O)=C1NCCCN1. The molecule has 1 saturated heterocycles. The number of phenols is 1. The molecule has 0 amide bonds. The van der Waals surface area contributed by atoms with Gasteiger partial charge in [0.15, 0.2) is 6.29 Å². The van der Waals surface area contributed by atoms with Crippen molar-refractivity contribution < 1.29 is 14.7 Å². The Morgan fingerprint density at radius 2 is 1.89 bits per heavy atom. The molecule has 18 heavy (non-hydrogen) atoms. The lowest BCUT2D eigenvalue weighted by Gasteiger charge is -2.20. The third-order valence-electron chi connectivity index (χ3n) is 2.74. The van der Waals surface area contributed by atoms with E-state index in [0.29, 0.717) is 25.2 Å². The van der Waals surface area contributed by atoms with E-state index >= 15 is 0 Å². The van der Waals surface area contributed by atoms with Crippen molar-refractivity contribution in [3.05, 3.63) is 41.2 Å². The molecule has 0 bridgehead atoms. The van der Waals surface area contributed by atoms with Crippen LogP contribution in [0, 0.1) is 0 Å². The molecule has 1 heterocycles. The van der Waals surface area contributed by atoms with E-state index in [9.17, 15) is 14.7 Å². The van der Waals surface area contributed by atoms with E-state index in [1.807, 2.05) is 0 Å². The van der Waals surface area contributed by atoms with Gasteiger partial charge in [0.25, 0.3) is 0 Å². The molecule has 1 aromatic rings. The van der Waals surface area contributed by atoms with Crippen LogP contribution in [0.15, 0.2) is 35.7 Å². The van der Waals surface area contributed by atoms with Gasteiger partial charge in [0, 0.05) is 13.1 Å². The minimum absolute atomic E-state index is 0.0104. The maximum atomic E-state index is 12.2. The highest BCUT2D eigenvalue weighted by atomic mass is 16.3. The van der Waals surface area contributed by atoms with E-state index in [1.165, 1.54) is 12.1 Å². The second-order valence-electron chi connectivity index (χ2n) is 3.96. The van der Waals surface area contributed by atoms with E-state index < -0.39 is 5.78 Å². The first kappa shape index (κ1) is 12.2. The first-order valence-electron chi connectivity index (χ1n) is 5.74. The van der Waals surface area contributed by atoms with Crippen LogP contribution in [0.4, 0.5) is 0 Å². The molecule has 94 valence electrons. The van der Waals surface area contributed by atoms with Crippen LogP contribution in [0.25, 0.3) is 0 Å². The van der Waals surface area contributed by atoms with Crippen LogP contribution in [-0.2, 0) is 4.79 Å². The first-order chi connectivity index (χ1) is 8.74. The van der Waals surface area contributed by atoms with E-state index in [2.05, 4.69) is 10.6 Å². The minimum Gasteiger partial charge on any atom is -0.507 e. The van der Waals surface area contributed by atoms with Gasteiger partial charge in [-0.1, -0.05) is 12.1 Å². The van der Waals surface area contributed by atoms with E-state index in [4.69, 9.17) is 0 Å². The lowest BCUT2D eigenvalue weighted by Crippen LogP contribution is -2.37. The zero-order valence-corrected chi connectivity index (χ0v) is 9.77. The Hall–Kier alpha value is -2.30. The molecule has 0 aliphatic carbocycles. The Bertz CT molecular complexity index is 501. The number of ketones is 1. The van der Waals surface area contributed by atoms with Gasteiger partial charge in [0.2, 0.25) is 5.78 Å². The Morgan fingerprint density at radius 1 is 1.22 bits per heavy atom. The summed E-state index contributed by atoms with van der Waals surface area (Å²) in [4.78, 5) is 23.3. The largest absolute Gasteiger partial charge is 0.507 e. The van der Waals surface area contributed by atoms with Crippen molar-refractivity contribution >= 4 is 12.1 Å². The predicted molar refractivity (Wildman–Crippen MR) is 66.1 cm³/mol. The fraction of sp³-hybridized carbons (Fsp3) is 0.231. The van der Waals surface area contributed by atoms with Gasteiger partial charge in [-0.25, -0.2) is 0 Å². The fourth-order valence-corrected chi connectivity index (χ4v) is 1.80. The van der Waals surface area contributed by atoms with Crippen molar-refractivity contribution in [3.63, 3.8) is 0 Å². The van der Waals surface area contributed by atoms with E-state index in [0.717, 1.165) is 6.42 Å². The maximum Gasteiger partial charge on any atom is 0.203 e. The molecule has 3 N–H and O–H groups in total. The van der Waals surface area contributed by atoms with Gasteiger partial charge in [-0.05, 0) is 18.6 Å². The van der Waals surface area contributed by atoms with Crippen molar-refractivity contribution in [1.29, 1.82) is 0 Å². The molecule has 0 unspecified atom stereocenters. The number of hydrogen-bond donors (Lipinski definition) is 3. The van der Waals surface area contributed by atoms with Crippen molar-refractivity contribution in [2.75, 3.05) is 13.1 Å². The summed E-state index contributed by atoms with van der Waals surface area (Å²) in [6.45, 7) is 1.43. The molecule has 5 heteroatoms. The van der Waals surface area contributed by atoms with Crippen LogP contribution >= 0.6 is 0 Å². The quantitative estimate of drug-likeness (QED) is 0.239. The Balaban J connectivity index is 2.36. The van der Waals surface area contributed by atoms with Crippen molar-refractivity contribution in [2.24, 2.45) is 0 Å². The molecule has 5 nitrogen and oxygen atoms in total. The number of benzene rings is 1. The number of aldehydes is 1. The molecular formula is C13H14N2O3. The molecule has 0 radical (unpaired) electrons. The van der Waals surface area contributed by atoms with Gasteiger partial charge in [-0.15, -0.1) is 0 Å². The second kappa shape index (κ2) is 5.35. The monoisotopic (exact) mass is 246 g/mol. The standard InChI is InChI=1S/C13H14N2O3/c16-8-10(13-14-6-3-7-15-13)12(18)9-4-1-2-5-11(9)17/h1-2,4-5,8,14-15,17H,3,6-7H2. The lowest BCUT2D eigenvalue weighted by molar-refractivity contribution is -0.104. The molecule has 0 atom stereocenters. The highest BCUT2D eigenvalue weighted by Crippen LogP contribution is 2.19. The predicted octanol–water partition coefficient (Wildman–Crippen LogP) is 0.568. The van der Waals surface area contributed by atoms with Crippen molar-refractivity contribution in [2.45, 2.75) is 6.42 Å². The number of carbonyl (C=O) groups is 2. The normalized spacial score (nSPS) is 14.3. The summed E-state index contributed by atoms with van der Waals surface area (Å²) in [6.07, 6.45) is 1.44. The average molecular weight is 246 g/mol. The number of rotatable bonds is 3. The van der Waals surface area contributed by atoms with Gasteiger partial charge in [0.05, 0.1) is 5.56 Å². The number of phenolic OH excluding ortho intramolecular Hbond substituents is 1. The van der Waals surface area contributed by atoms with Crippen LogP contribution in [0.3, 0.4) is 0 Å². The third kappa shape index (κ3) is 2.34. The van der Waals surface area contributed by atoms with Gasteiger partial charge < -0.3 is 15.7 Å². The molecular weight excluding hydrogens is 232 g/mol. The summed E-state index contributed by atoms with van der Waals surface area (Å²) >= 11 is 0. The zero-order chi connectivity index (χ0) is 13.0. The molecule has 0 saturated carbocycles. The molecule has 0 spiro atoms. The van der Waals surface area contributed by atoms with Gasteiger partial charge >= 0.3 is 0 Å². The lowest BCUT2D eigenvalue weighted by atomic mass is 10.0. The van der Waals surface area contributed by atoms with E-state index in [1.54, 1.807) is 12.1 Å². The van der Waals surface area contributed by atoms with Crippen molar-refractivity contribution in [3.8, 4) is 5.75 Å². The smallest absolute Gasteiger partial charge is 0.203 e. The minimum atomic E-state index is -0.486. The average Bonchev–Trinajstić information content (AvgIpc) is 2.41. The summed E-state index contributed by atoms with van der Waals surface area (Å²) in [5.41, 5.74) is 0.137. The molecule has 0 aromatic heterocycles. The van der Waals surface area contributed by atoms with Gasteiger partial charge in [0.1, 0.15) is 17.1 Å². The van der Waals surface area contributed by atoms with E-state index in [-0.39, 0.29) is 16.9 Å². The number of carbonyl (C=O) groups excluding carboxylic acids is 2. The fourth-order valence-electron chi connectivity index (χ4n) is 1.80. The summed E-state index contributed by atoms with van der Waals surface area (Å²) in [5.74, 6) is -0.178. The van der Waals surface area contributed by atoms with Crippen LogP contribution in [0.5, 0.6) is 5.75 Å². The van der Waals surface area contributed by atoms with Crippen LogP contribution in [0.1, 0.15) is 16.8 Å². The number of aromatic hydroxyl groups is 1. The number of nitrogens with one attached hydrogen (secondary N) is 2. The van der Waals surface area contributed by atoms with Crippen LogP contribution in [-0.4, -0.2) is 30.3 Å². The van der Waals surface area contributed by atoms with Crippen LogP contribution in [0.2, 0.25) is 0 Å². The molecule has 1 fully saturated rings. The summed E-state index contributed by atoms with van der Waals surface area (Å²) in [6, 6.07) is 6.17. The topological polar surface area (TPSA) is 78.4 Å². The summed E-state index contributed by atoms with van der Waals surface area (Å²) in [5, 5.41) is 15.6. The molecule has 1 aliphatic rings. The highest BCUT2D eigenvalue weighted by Gasteiger charge is 2.20. The first-order valence-corrected chi connectivity index (χ1v) is 5.74. The summed E-state index contributed by atoms with van der Waals surface area (Å²) < 4.78 is 0. The number of Topliss-reactive ketones (excluding diaryl/α,β-unsaturated/α-hetero) is 1. The molecule has 1 aromatic carbocycles. The Kier molecular flexibility index (Phi) is 3.62. The number of allylic oxidation sites excluding steroid dienone is 1. The molecule has 2 rings (SSSR count). The summed E-state index contributed by atoms with van der Waals surface area (Å²) in [7, 11) is 0.